The molecule has 0 unspecified atom stereocenters. The summed E-state index contributed by atoms with van der Waals surface area (Å²) in [6.45, 7) is 0. The number of nitro benzene ring substituents is 1. The van der Waals surface area contributed by atoms with Crippen LogP contribution in [0, 0.1) is 21.7 Å². The topological polar surface area (TPSA) is 69.2 Å². The van der Waals surface area contributed by atoms with Gasteiger partial charge in [-0.05, 0) is 25.3 Å². The van der Waals surface area contributed by atoms with Gasteiger partial charge in [-0.1, -0.05) is 0 Å². The molecule has 4 nitrogen and oxygen atoms in total. The number of nitro groups is 1. The summed E-state index contributed by atoms with van der Waals surface area (Å²) in [5.41, 5.74) is 4.16. The second-order valence-corrected chi connectivity index (χ2v) is 4.16. The molecule has 1 aromatic rings. The summed E-state index contributed by atoms with van der Waals surface area (Å²) >= 11 is 0. The highest BCUT2D eigenvalue weighted by atomic mass is 19.1. The van der Waals surface area contributed by atoms with E-state index in [1.54, 1.807) is 0 Å². The lowest BCUT2D eigenvalue weighted by Crippen LogP contribution is -2.25. The fourth-order valence-corrected chi connectivity index (χ4v) is 1.58. The van der Waals surface area contributed by atoms with Gasteiger partial charge in [0.25, 0.3) is 0 Å². The summed E-state index contributed by atoms with van der Waals surface area (Å²) in [7, 11) is 0. The van der Waals surface area contributed by atoms with Crippen molar-refractivity contribution in [1.29, 1.82) is 0 Å². The van der Waals surface area contributed by atoms with Gasteiger partial charge in [0, 0.05) is 17.2 Å². The van der Waals surface area contributed by atoms with E-state index in [0.717, 1.165) is 12.1 Å². The Bertz CT molecular complexity index is 458. The van der Waals surface area contributed by atoms with Gasteiger partial charge in [-0.3, -0.25) is 10.1 Å². The third kappa shape index (κ3) is 1.88. The minimum atomic E-state index is -1.11. The van der Waals surface area contributed by atoms with Crippen molar-refractivity contribution in [3.05, 3.63) is 39.4 Å². The molecule has 0 radical (unpaired) electrons. The highest BCUT2D eigenvalue weighted by Gasteiger charge is 2.40. The van der Waals surface area contributed by atoms with E-state index >= 15 is 0 Å². The van der Waals surface area contributed by atoms with Crippen molar-refractivity contribution in [3.63, 3.8) is 0 Å². The minimum absolute atomic E-state index is 0.00630. The zero-order valence-electron chi connectivity index (χ0n) is 8.37. The molecule has 0 amide bonds. The molecular formula is C10H10F2N2O2. The molecule has 6 heteroatoms. The maximum absolute atomic E-state index is 13.6. The molecule has 0 bridgehead atoms. The van der Waals surface area contributed by atoms with Gasteiger partial charge in [-0.15, -0.1) is 0 Å². The molecule has 0 heterocycles. The van der Waals surface area contributed by atoms with Crippen LogP contribution in [-0.4, -0.2) is 10.5 Å². The first kappa shape index (κ1) is 10.9. The van der Waals surface area contributed by atoms with Crippen LogP contribution in [0.2, 0.25) is 0 Å². The summed E-state index contributed by atoms with van der Waals surface area (Å²) in [6.07, 6.45) is 1.38. The summed E-state index contributed by atoms with van der Waals surface area (Å²) in [4.78, 5) is 9.61. The summed E-state index contributed by atoms with van der Waals surface area (Å²) in [6, 6.07) is 1.73. The van der Waals surface area contributed by atoms with Crippen LogP contribution in [0.1, 0.15) is 18.4 Å². The molecule has 2 N–H and O–H groups in total. The smallest absolute Gasteiger partial charge is 0.305 e. The molecule has 0 saturated heterocycles. The zero-order valence-corrected chi connectivity index (χ0v) is 8.37. The van der Waals surface area contributed by atoms with Gasteiger partial charge in [0.15, 0.2) is 0 Å². The first-order chi connectivity index (χ1) is 7.43. The van der Waals surface area contributed by atoms with Crippen LogP contribution in [0.15, 0.2) is 12.1 Å². The van der Waals surface area contributed by atoms with Gasteiger partial charge >= 0.3 is 5.69 Å². The number of nitrogens with zero attached hydrogens (tertiary/aromatic N) is 1. The fourth-order valence-electron chi connectivity index (χ4n) is 1.58. The lowest BCUT2D eigenvalue weighted by Gasteiger charge is -2.10. The monoisotopic (exact) mass is 228 g/mol. The first-order valence-electron chi connectivity index (χ1n) is 4.83. The Hall–Kier alpha value is -1.56. The Kier molecular flexibility index (Phi) is 2.38. The normalized spacial score (nSPS) is 17.2. The minimum Gasteiger partial charge on any atom is -0.325 e. The first-order valence-corrected chi connectivity index (χ1v) is 4.83. The van der Waals surface area contributed by atoms with Gasteiger partial charge in [0.1, 0.15) is 5.82 Å². The molecule has 1 fully saturated rings. The Morgan fingerprint density at radius 2 is 2.06 bits per heavy atom. The van der Waals surface area contributed by atoms with Crippen molar-refractivity contribution in [3.8, 4) is 0 Å². The standard InChI is InChI=1S/C10H10F2N2O2/c11-7-1-2-8(14(15)16)9(12)6(7)5-10(13)3-4-10/h1-2H,3-5,13H2. The van der Waals surface area contributed by atoms with Crippen molar-refractivity contribution in [1.82, 2.24) is 0 Å². The summed E-state index contributed by atoms with van der Waals surface area (Å²) in [5, 5.41) is 10.5. The second kappa shape index (κ2) is 3.48. The van der Waals surface area contributed by atoms with Gasteiger partial charge in [-0.25, -0.2) is 4.39 Å². The summed E-state index contributed by atoms with van der Waals surface area (Å²) in [5.74, 6) is -1.89. The van der Waals surface area contributed by atoms with E-state index in [2.05, 4.69) is 0 Å². The number of hydrogen-bond donors (Lipinski definition) is 1. The zero-order chi connectivity index (χ0) is 11.9. The molecule has 2 rings (SSSR count). The molecule has 1 aliphatic carbocycles. The van der Waals surface area contributed by atoms with Gasteiger partial charge in [0.05, 0.1) is 4.92 Å². The Labute approximate surface area is 90.2 Å². The Morgan fingerprint density at radius 3 is 2.56 bits per heavy atom. The molecule has 1 aromatic carbocycles. The van der Waals surface area contributed by atoms with E-state index < -0.39 is 27.8 Å². The van der Waals surface area contributed by atoms with Crippen molar-refractivity contribution in [2.24, 2.45) is 5.73 Å². The van der Waals surface area contributed by atoms with Crippen LogP contribution in [-0.2, 0) is 6.42 Å². The predicted molar refractivity (Wildman–Crippen MR) is 52.9 cm³/mol. The van der Waals surface area contributed by atoms with E-state index in [0.29, 0.717) is 12.8 Å². The lowest BCUT2D eigenvalue weighted by molar-refractivity contribution is -0.387. The van der Waals surface area contributed by atoms with Crippen LogP contribution < -0.4 is 5.73 Å². The van der Waals surface area contributed by atoms with Gasteiger partial charge < -0.3 is 5.73 Å². The summed E-state index contributed by atoms with van der Waals surface area (Å²) < 4.78 is 26.9. The van der Waals surface area contributed by atoms with Crippen molar-refractivity contribution in [2.45, 2.75) is 24.8 Å². The van der Waals surface area contributed by atoms with E-state index in [-0.39, 0.29) is 12.0 Å². The Morgan fingerprint density at radius 1 is 1.44 bits per heavy atom. The average molecular weight is 228 g/mol. The van der Waals surface area contributed by atoms with Crippen LogP contribution in [0.3, 0.4) is 0 Å². The van der Waals surface area contributed by atoms with Crippen LogP contribution in [0.5, 0.6) is 0 Å². The molecule has 0 aromatic heterocycles. The third-order valence-electron chi connectivity index (χ3n) is 2.78. The van der Waals surface area contributed by atoms with E-state index in [4.69, 9.17) is 5.73 Å². The molecule has 1 saturated carbocycles. The van der Waals surface area contributed by atoms with E-state index in [9.17, 15) is 18.9 Å². The molecule has 16 heavy (non-hydrogen) atoms. The number of benzene rings is 1. The molecule has 0 aliphatic heterocycles. The van der Waals surface area contributed by atoms with Crippen molar-refractivity contribution in [2.75, 3.05) is 0 Å². The molecule has 0 atom stereocenters. The van der Waals surface area contributed by atoms with Crippen molar-refractivity contribution >= 4 is 5.69 Å². The van der Waals surface area contributed by atoms with Gasteiger partial charge in [0.2, 0.25) is 5.82 Å². The van der Waals surface area contributed by atoms with Gasteiger partial charge in [-0.2, -0.15) is 4.39 Å². The Balaban J connectivity index is 2.42. The molecule has 0 spiro atoms. The average Bonchev–Trinajstić information content (AvgIpc) is 2.91. The third-order valence-corrected chi connectivity index (χ3v) is 2.78. The number of rotatable bonds is 3. The maximum atomic E-state index is 13.6. The van der Waals surface area contributed by atoms with Crippen LogP contribution in [0.4, 0.5) is 14.5 Å². The van der Waals surface area contributed by atoms with Crippen LogP contribution >= 0.6 is 0 Å². The molecule has 1 aliphatic rings. The largest absolute Gasteiger partial charge is 0.325 e. The second-order valence-electron chi connectivity index (χ2n) is 4.16. The highest BCUT2D eigenvalue weighted by molar-refractivity contribution is 5.39. The molecular weight excluding hydrogens is 218 g/mol. The number of halogens is 2. The number of nitrogens with two attached hydrogens (primary N) is 1. The van der Waals surface area contributed by atoms with E-state index in [1.807, 2.05) is 0 Å². The highest BCUT2D eigenvalue weighted by Crippen LogP contribution is 2.37. The lowest BCUT2D eigenvalue weighted by atomic mass is 10.0. The van der Waals surface area contributed by atoms with Crippen molar-refractivity contribution < 1.29 is 13.7 Å². The SMILES string of the molecule is NC1(Cc2c(F)ccc([N+](=O)[O-])c2F)CC1. The van der Waals surface area contributed by atoms with Crippen LogP contribution in [0.25, 0.3) is 0 Å². The maximum Gasteiger partial charge on any atom is 0.305 e. The predicted octanol–water partition coefficient (Wildman–Crippen LogP) is 1.91. The quantitative estimate of drug-likeness (QED) is 0.634. The van der Waals surface area contributed by atoms with E-state index in [1.165, 1.54) is 0 Å². The molecule has 86 valence electrons. The number of hydrogen-bond acceptors (Lipinski definition) is 3. The fraction of sp³-hybridized carbons (Fsp3) is 0.400.